The summed E-state index contributed by atoms with van der Waals surface area (Å²) in [6.45, 7) is 0.0835. The Morgan fingerprint density at radius 1 is 1.09 bits per heavy atom. The topological polar surface area (TPSA) is 29.1 Å². The van der Waals surface area contributed by atoms with Gasteiger partial charge in [0.1, 0.15) is 0 Å². The first-order valence-corrected chi connectivity index (χ1v) is 6.42. The highest BCUT2D eigenvalue weighted by Gasteiger charge is 2.30. The molecule has 5 heteroatoms. The van der Waals surface area contributed by atoms with Crippen LogP contribution >= 0.6 is 0 Å². The van der Waals surface area contributed by atoms with Crippen LogP contribution in [0.3, 0.4) is 0 Å². The van der Waals surface area contributed by atoms with Crippen molar-refractivity contribution in [2.24, 2.45) is 0 Å². The van der Waals surface area contributed by atoms with Crippen LogP contribution in [0, 0.1) is 12.3 Å². The molecule has 0 heterocycles. The lowest BCUT2D eigenvalue weighted by Gasteiger charge is -2.11. The molecule has 0 aliphatic heterocycles. The third kappa shape index (κ3) is 3.47. The molecule has 0 saturated carbocycles. The Morgan fingerprint density at radius 3 is 2.32 bits per heavy atom. The van der Waals surface area contributed by atoms with Crippen molar-refractivity contribution in [1.82, 2.24) is 5.32 Å². The van der Waals surface area contributed by atoms with E-state index >= 15 is 0 Å². The number of benzene rings is 2. The van der Waals surface area contributed by atoms with Gasteiger partial charge in [-0.2, -0.15) is 13.2 Å². The Balaban J connectivity index is 2.37. The molecule has 2 rings (SSSR count). The van der Waals surface area contributed by atoms with Crippen LogP contribution < -0.4 is 5.32 Å². The molecule has 0 radical (unpaired) electrons. The van der Waals surface area contributed by atoms with Crippen LogP contribution in [0.1, 0.15) is 15.9 Å². The van der Waals surface area contributed by atoms with Crippen molar-refractivity contribution in [3.63, 3.8) is 0 Å². The fraction of sp³-hybridized carbons (Fsp3) is 0.118. The molecule has 0 aliphatic carbocycles. The lowest BCUT2D eigenvalue weighted by Crippen LogP contribution is -2.24. The van der Waals surface area contributed by atoms with E-state index in [-0.39, 0.29) is 12.5 Å². The molecule has 0 bridgehead atoms. The highest BCUT2D eigenvalue weighted by molar-refractivity contribution is 6.00. The summed E-state index contributed by atoms with van der Waals surface area (Å²) in [5.41, 5.74) is 0.702. The van der Waals surface area contributed by atoms with Gasteiger partial charge in [-0.25, -0.2) is 0 Å². The van der Waals surface area contributed by atoms with E-state index in [1.54, 1.807) is 24.3 Å². The molecule has 0 atom stereocenters. The number of rotatable bonds is 3. The lowest BCUT2D eigenvalue weighted by atomic mass is 9.98. The molecular weight excluding hydrogens is 291 g/mol. The van der Waals surface area contributed by atoms with Crippen molar-refractivity contribution in [1.29, 1.82) is 0 Å². The molecule has 2 aromatic rings. The van der Waals surface area contributed by atoms with Crippen LogP contribution in [0.25, 0.3) is 11.1 Å². The Kier molecular flexibility index (Phi) is 4.52. The standard InChI is InChI=1S/C17H12F3NO/c1-2-11-21-16(22)15-6-4-3-5-14(15)12-7-9-13(10-8-12)17(18,19)20/h1,3-10H,11H2,(H,21,22). The Hall–Kier alpha value is -2.74. The molecular formula is C17H12F3NO. The largest absolute Gasteiger partial charge is 0.416 e. The maximum atomic E-state index is 12.6. The van der Waals surface area contributed by atoms with Crippen LogP contribution in [-0.4, -0.2) is 12.5 Å². The summed E-state index contributed by atoms with van der Waals surface area (Å²) in [5.74, 6) is 1.93. The van der Waals surface area contributed by atoms with E-state index in [0.717, 1.165) is 12.1 Å². The normalized spacial score (nSPS) is 10.8. The molecule has 2 nitrogen and oxygen atoms in total. The Bertz CT molecular complexity index is 712. The third-order valence-electron chi connectivity index (χ3n) is 3.05. The molecule has 0 spiro atoms. The zero-order valence-corrected chi connectivity index (χ0v) is 11.4. The predicted octanol–water partition coefficient (Wildman–Crippen LogP) is 3.74. The molecule has 0 fully saturated rings. The molecule has 1 amide bonds. The number of carbonyl (C=O) groups excluding carboxylic acids is 1. The van der Waals surface area contributed by atoms with Gasteiger partial charge in [0, 0.05) is 5.56 Å². The van der Waals surface area contributed by atoms with Crippen LogP contribution in [0.4, 0.5) is 13.2 Å². The van der Waals surface area contributed by atoms with Crippen LogP contribution in [-0.2, 0) is 6.18 Å². The first-order valence-electron chi connectivity index (χ1n) is 6.42. The van der Waals surface area contributed by atoms with E-state index in [1.165, 1.54) is 12.1 Å². The number of terminal acetylenes is 1. The van der Waals surface area contributed by atoms with Crippen LogP contribution in [0.15, 0.2) is 48.5 Å². The van der Waals surface area contributed by atoms with Gasteiger partial charge in [0.05, 0.1) is 12.1 Å². The lowest BCUT2D eigenvalue weighted by molar-refractivity contribution is -0.137. The van der Waals surface area contributed by atoms with Gasteiger partial charge in [-0.15, -0.1) is 6.42 Å². The SMILES string of the molecule is C#CCNC(=O)c1ccccc1-c1ccc(C(F)(F)F)cc1. The fourth-order valence-electron chi connectivity index (χ4n) is 2.00. The average molecular weight is 303 g/mol. The second kappa shape index (κ2) is 6.35. The smallest absolute Gasteiger partial charge is 0.341 e. The maximum absolute atomic E-state index is 12.6. The third-order valence-corrected chi connectivity index (χ3v) is 3.05. The van der Waals surface area contributed by atoms with Gasteiger partial charge in [0.2, 0.25) is 0 Å². The molecule has 112 valence electrons. The molecule has 0 aromatic heterocycles. The molecule has 0 saturated heterocycles. The van der Waals surface area contributed by atoms with Crippen molar-refractivity contribution in [3.05, 3.63) is 59.7 Å². The summed E-state index contributed by atoms with van der Waals surface area (Å²) < 4.78 is 37.8. The van der Waals surface area contributed by atoms with E-state index in [1.807, 2.05) is 0 Å². The molecule has 2 aromatic carbocycles. The number of amides is 1. The predicted molar refractivity (Wildman–Crippen MR) is 78.0 cm³/mol. The summed E-state index contributed by atoms with van der Waals surface area (Å²) in [6, 6.07) is 11.3. The van der Waals surface area contributed by atoms with E-state index in [0.29, 0.717) is 16.7 Å². The maximum Gasteiger partial charge on any atom is 0.416 e. The first-order chi connectivity index (χ1) is 10.4. The van der Waals surface area contributed by atoms with Gasteiger partial charge >= 0.3 is 6.18 Å². The van der Waals surface area contributed by atoms with Gasteiger partial charge in [0.25, 0.3) is 5.91 Å². The van der Waals surface area contributed by atoms with Gasteiger partial charge in [-0.05, 0) is 29.3 Å². The minimum Gasteiger partial charge on any atom is -0.341 e. The zero-order valence-electron chi connectivity index (χ0n) is 11.4. The highest BCUT2D eigenvalue weighted by atomic mass is 19.4. The van der Waals surface area contributed by atoms with E-state index in [2.05, 4.69) is 11.2 Å². The summed E-state index contributed by atoms with van der Waals surface area (Å²) in [6.07, 6.45) is 0.703. The summed E-state index contributed by atoms with van der Waals surface area (Å²) in [4.78, 5) is 12.0. The highest BCUT2D eigenvalue weighted by Crippen LogP contribution is 2.31. The van der Waals surface area contributed by atoms with Crippen LogP contribution in [0.5, 0.6) is 0 Å². The van der Waals surface area contributed by atoms with Gasteiger partial charge in [-0.1, -0.05) is 36.3 Å². The minimum absolute atomic E-state index is 0.0835. The zero-order chi connectivity index (χ0) is 16.2. The van der Waals surface area contributed by atoms with Gasteiger partial charge in [0.15, 0.2) is 0 Å². The Labute approximate surface area is 126 Å². The van der Waals surface area contributed by atoms with Crippen molar-refractivity contribution in [2.75, 3.05) is 6.54 Å². The number of nitrogens with one attached hydrogen (secondary N) is 1. The van der Waals surface area contributed by atoms with Crippen molar-refractivity contribution in [2.45, 2.75) is 6.18 Å². The number of carbonyl (C=O) groups is 1. The molecule has 1 N–H and O–H groups in total. The number of hydrogen-bond acceptors (Lipinski definition) is 1. The molecule has 0 unspecified atom stereocenters. The monoisotopic (exact) mass is 303 g/mol. The summed E-state index contributed by atoms with van der Waals surface area (Å²) in [5, 5.41) is 2.54. The number of hydrogen-bond donors (Lipinski definition) is 1. The quantitative estimate of drug-likeness (QED) is 0.860. The Morgan fingerprint density at radius 2 is 1.73 bits per heavy atom. The first kappa shape index (κ1) is 15.6. The van der Waals surface area contributed by atoms with Crippen molar-refractivity contribution in [3.8, 4) is 23.5 Å². The van der Waals surface area contributed by atoms with Gasteiger partial charge in [-0.3, -0.25) is 4.79 Å². The second-order valence-electron chi connectivity index (χ2n) is 4.51. The molecule has 0 aliphatic rings. The van der Waals surface area contributed by atoms with E-state index in [4.69, 9.17) is 6.42 Å². The summed E-state index contributed by atoms with van der Waals surface area (Å²) in [7, 11) is 0. The van der Waals surface area contributed by atoms with Gasteiger partial charge < -0.3 is 5.32 Å². The van der Waals surface area contributed by atoms with Crippen molar-refractivity contribution >= 4 is 5.91 Å². The molecule has 22 heavy (non-hydrogen) atoms. The fourth-order valence-corrected chi connectivity index (χ4v) is 2.00. The van der Waals surface area contributed by atoms with Crippen molar-refractivity contribution < 1.29 is 18.0 Å². The van der Waals surface area contributed by atoms with Crippen LogP contribution in [0.2, 0.25) is 0 Å². The van der Waals surface area contributed by atoms with E-state index < -0.39 is 11.7 Å². The van der Waals surface area contributed by atoms with E-state index in [9.17, 15) is 18.0 Å². The minimum atomic E-state index is -4.39. The number of halogens is 3. The summed E-state index contributed by atoms with van der Waals surface area (Å²) >= 11 is 0. The number of alkyl halides is 3. The second-order valence-corrected chi connectivity index (χ2v) is 4.51. The average Bonchev–Trinajstić information content (AvgIpc) is 2.52.